The third kappa shape index (κ3) is 5.52. The Morgan fingerprint density at radius 2 is 1.52 bits per heavy atom. The first kappa shape index (κ1) is 17.7. The maximum Gasteiger partial charge on any atom is 0.134 e. The van der Waals surface area contributed by atoms with Gasteiger partial charge in [0.15, 0.2) is 0 Å². The van der Waals surface area contributed by atoms with Crippen molar-refractivity contribution in [3.05, 3.63) is 11.4 Å². The number of nitrogens with zero attached hydrogens (tertiary/aromatic N) is 2. The van der Waals surface area contributed by atoms with Crippen molar-refractivity contribution in [3.63, 3.8) is 0 Å². The van der Waals surface area contributed by atoms with Gasteiger partial charge in [0.25, 0.3) is 0 Å². The number of hydrogen-bond donors (Lipinski definition) is 2. The summed E-state index contributed by atoms with van der Waals surface area (Å²) in [5.74, 6) is 3.64. The van der Waals surface area contributed by atoms with Gasteiger partial charge < -0.3 is 10.6 Å². The van der Waals surface area contributed by atoms with Crippen LogP contribution < -0.4 is 10.6 Å². The van der Waals surface area contributed by atoms with Crippen LogP contribution in [0.25, 0.3) is 0 Å². The summed E-state index contributed by atoms with van der Waals surface area (Å²) in [5, 5.41) is 6.97. The lowest BCUT2D eigenvalue weighted by Crippen LogP contribution is -2.17. The van der Waals surface area contributed by atoms with Gasteiger partial charge in [-0.25, -0.2) is 9.97 Å². The highest BCUT2D eigenvalue weighted by Crippen LogP contribution is 2.21. The van der Waals surface area contributed by atoms with Gasteiger partial charge in [-0.2, -0.15) is 0 Å². The molecule has 0 fully saturated rings. The van der Waals surface area contributed by atoms with Crippen molar-refractivity contribution in [2.24, 2.45) is 5.92 Å². The molecule has 0 saturated heterocycles. The molecular weight excluding hydrogens is 260 g/mol. The van der Waals surface area contributed by atoms with Crippen LogP contribution >= 0.6 is 0 Å². The minimum absolute atomic E-state index is 0.709. The van der Waals surface area contributed by atoms with Gasteiger partial charge in [-0.05, 0) is 25.7 Å². The summed E-state index contributed by atoms with van der Waals surface area (Å²) < 4.78 is 0. The maximum absolute atomic E-state index is 4.71. The smallest absolute Gasteiger partial charge is 0.134 e. The molecule has 0 unspecified atom stereocenters. The fraction of sp³-hybridized carbons (Fsp3) is 0.765. The molecule has 0 aromatic carbocycles. The fourth-order valence-corrected chi connectivity index (χ4v) is 2.30. The van der Waals surface area contributed by atoms with Crippen molar-refractivity contribution in [2.75, 3.05) is 23.7 Å². The molecular formula is C17H32N4. The first-order chi connectivity index (χ1) is 10.2. The van der Waals surface area contributed by atoms with Crippen molar-refractivity contribution in [1.82, 2.24) is 9.97 Å². The highest BCUT2D eigenvalue weighted by Gasteiger charge is 2.11. The van der Waals surface area contributed by atoms with E-state index < -0.39 is 0 Å². The van der Waals surface area contributed by atoms with E-state index >= 15 is 0 Å². The molecule has 2 N–H and O–H groups in total. The Balaban J connectivity index is 2.90. The Hall–Kier alpha value is -1.32. The van der Waals surface area contributed by atoms with E-state index in [1.807, 2.05) is 0 Å². The molecule has 0 aliphatic heterocycles. The molecule has 0 amide bonds. The number of anilines is 2. The Morgan fingerprint density at radius 3 is 2.05 bits per heavy atom. The maximum atomic E-state index is 4.71. The first-order valence-electron chi connectivity index (χ1n) is 8.51. The summed E-state index contributed by atoms with van der Waals surface area (Å²) in [6.45, 7) is 12.9. The molecule has 0 spiro atoms. The van der Waals surface area contributed by atoms with E-state index in [2.05, 4.69) is 50.2 Å². The van der Waals surface area contributed by atoms with Crippen LogP contribution in [0.2, 0.25) is 0 Å². The summed E-state index contributed by atoms with van der Waals surface area (Å²) in [5.41, 5.74) is 1.13. The van der Waals surface area contributed by atoms with E-state index in [9.17, 15) is 0 Å². The molecule has 21 heavy (non-hydrogen) atoms. The lowest BCUT2D eigenvalue weighted by Gasteiger charge is -2.18. The SMILES string of the molecule is CCCNc1nc(CCC)nc(NCC(CC)CC)c1C. The van der Waals surface area contributed by atoms with Gasteiger partial charge in [0, 0.05) is 25.1 Å². The first-order valence-corrected chi connectivity index (χ1v) is 8.51. The van der Waals surface area contributed by atoms with Crippen molar-refractivity contribution in [3.8, 4) is 0 Å². The number of nitrogens with one attached hydrogen (secondary N) is 2. The van der Waals surface area contributed by atoms with Crippen LogP contribution in [0.5, 0.6) is 0 Å². The minimum atomic E-state index is 0.709. The Morgan fingerprint density at radius 1 is 0.905 bits per heavy atom. The molecule has 0 atom stereocenters. The van der Waals surface area contributed by atoms with Crippen molar-refractivity contribution in [2.45, 2.75) is 66.7 Å². The summed E-state index contributed by atoms with van der Waals surface area (Å²) in [7, 11) is 0. The van der Waals surface area contributed by atoms with Gasteiger partial charge in [-0.3, -0.25) is 0 Å². The predicted octanol–water partition coefficient (Wildman–Crippen LogP) is 4.41. The topological polar surface area (TPSA) is 49.8 Å². The number of rotatable bonds is 10. The molecule has 4 nitrogen and oxygen atoms in total. The van der Waals surface area contributed by atoms with Gasteiger partial charge in [-0.1, -0.05) is 40.5 Å². The van der Waals surface area contributed by atoms with Crippen molar-refractivity contribution in [1.29, 1.82) is 0 Å². The lowest BCUT2D eigenvalue weighted by atomic mass is 10.0. The summed E-state index contributed by atoms with van der Waals surface area (Å²) in [4.78, 5) is 9.37. The summed E-state index contributed by atoms with van der Waals surface area (Å²) in [6, 6.07) is 0. The molecule has 0 bridgehead atoms. The van der Waals surface area contributed by atoms with E-state index in [0.29, 0.717) is 5.92 Å². The molecule has 1 aromatic heterocycles. The Kier molecular flexibility index (Phi) is 8.09. The average Bonchev–Trinajstić information content (AvgIpc) is 2.49. The zero-order valence-corrected chi connectivity index (χ0v) is 14.4. The van der Waals surface area contributed by atoms with E-state index in [1.165, 1.54) is 12.8 Å². The zero-order valence-electron chi connectivity index (χ0n) is 14.4. The fourth-order valence-electron chi connectivity index (χ4n) is 2.30. The molecule has 0 aliphatic carbocycles. The molecule has 1 aromatic rings. The molecule has 1 heterocycles. The van der Waals surface area contributed by atoms with E-state index in [4.69, 9.17) is 4.98 Å². The van der Waals surface area contributed by atoms with Crippen molar-refractivity contribution < 1.29 is 0 Å². The third-order valence-electron chi connectivity index (χ3n) is 3.92. The standard InChI is InChI=1S/C17H32N4/c1-6-10-15-20-16(18-11-7-2)13(5)17(21-15)19-12-14(8-3)9-4/h14H,6-12H2,1-5H3,(H2,18,19,20,21). The number of aryl methyl sites for hydroxylation is 1. The summed E-state index contributed by atoms with van der Waals surface area (Å²) in [6.07, 6.45) is 5.51. The second-order valence-electron chi connectivity index (χ2n) is 5.70. The zero-order chi connectivity index (χ0) is 15.7. The van der Waals surface area contributed by atoms with E-state index in [1.54, 1.807) is 0 Å². The van der Waals surface area contributed by atoms with Crippen LogP contribution in [-0.2, 0) is 6.42 Å². The molecule has 0 aliphatic rings. The van der Waals surface area contributed by atoms with Gasteiger partial charge >= 0.3 is 0 Å². The second kappa shape index (κ2) is 9.59. The predicted molar refractivity (Wildman–Crippen MR) is 92.1 cm³/mol. The van der Waals surface area contributed by atoms with Gasteiger partial charge in [0.2, 0.25) is 0 Å². The largest absolute Gasteiger partial charge is 0.370 e. The average molecular weight is 292 g/mol. The number of hydrogen-bond acceptors (Lipinski definition) is 4. The molecule has 120 valence electrons. The number of aromatic nitrogens is 2. The second-order valence-corrected chi connectivity index (χ2v) is 5.70. The molecule has 1 rings (SSSR count). The van der Waals surface area contributed by atoms with Crippen LogP contribution in [0.15, 0.2) is 0 Å². The van der Waals surface area contributed by atoms with Crippen molar-refractivity contribution >= 4 is 11.6 Å². The Bertz CT molecular complexity index is 413. The quantitative estimate of drug-likeness (QED) is 0.671. The van der Waals surface area contributed by atoms with Gasteiger partial charge in [0.05, 0.1) is 0 Å². The highest BCUT2D eigenvalue weighted by atomic mass is 15.1. The minimum Gasteiger partial charge on any atom is -0.370 e. The van der Waals surface area contributed by atoms with E-state index in [-0.39, 0.29) is 0 Å². The lowest BCUT2D eigenvalue weighted by molar-refractivity contribution is 0.518. The molecule has 0 radical (unpaired) electrons. The Labute approximate surface area is 130 Å². The van der Waals surface area contributed by atoms with E-state index in [0.717, 1.165) is 55.4 Å². The monoisotopic (exact) mass is 292 g/mol. The third-order valence-corrected chi connectivity index (χ3v) is 3.92. The normalized spacial score (nSPS) is 11.0. The van der Waals surface area contributed by atoms with Crippen LogP contribution in [0.4, 0.5) is 11.6 Å². The van der Waals surface area contributed by atoms with Gasteiger partial charge in [0.1, 0.15) is 17.5 Å². The highest BCUT2D eigenvalue weighted by molar-refractivity contribution is 5.57. The van der Waals surface area contributed by atoms with Gasteiger partial charge in [-0.15, -0.1) is 0 Å². The molecule has 4 heteroatoms. The van der Waals surface area contributed by atoms with Crippen LogP contribution in [0.1, 0.15) is 64.8 Å². The van der Waals surface area contributed by atoms with Crippen LogP contribution in [-0.4, -0.2) is 23.1 Å². The molecule has 0 saturated carbocycles. The van der Waals surface area contributed by atoms with Crippen LogP contribution in [0.3, 0.4) is 0 Å². The van der Waals surface area contributed by atoms with Crippen LogP contribution in [0, 0.1) is 12.8 Å². The summed E-state index contributed by atoms with van der Waals surface area (Å²) >= 11 is 0.